The Labute approximate surface area is 192 Å². The van der Waals surface area contributed by atoms with E-state index in [-0.39, 0.29) is 18.1 Å². The van der Waals surface area contributed by atoms with Gasteiger partial charge in [-0.05, 0) is 41.5 Å². The average Bonchev–Trinajstić information content (AvgIpc) is 3.21. The lowest BCUT2D eigenvalue weighted by Gasteiger charge is -2.13. The Bertz CT molecular complexity index is 1370. The summed E-state index contributed by atoms with van der Waals surface area (Å²) < 4.78 is 30.6. The number of benzene rings is 3. The normalized spacial score (nSPS) is 11.3. The predicted molar refractivity (Wildman–Crippen MR) is 129 cm³/mol. The standard InChI is InChI=1S/C24H24N4O4S/c1-28(33(2,30)31)24-21-15-19(10-13-22(21)26-27-24)25-23(29)14-17-8-11-20(12-9-17)32-16-18-6-4-3-5-7-18/h3-13,15H,14,16H2,1-2H3,(H,25,29)(H,26,27). The number of hydrogen-bond acceptors (Lipinski definition) is 5. The minimum atomic E-state index is -3.46. The van der Waals surface area contributed by atoms with Gasteiger partial charge in [0.15, 0.2) is 5.82 Å². The molecule has 0 saturated carbocycles. The molecule has 0 aliphatic heterocycles. The number of ether oxygens (including phenoxy) is 1. The third kappa shape index (κ3) is 5.50. The number of hydrogen-bond donors (Lipinski definition) is 2. The molecule has 9 heteroatoms. The van der Waals surface area contributed by atoms with E-state index in [4.69, 9.17) is 4.74 Å². The minimum absolute atomic E-state index is 0.186. The zero-order valence-corrected chi connectivity index (χ0v) is 19.1. The largest absolute Gasteiger partial charge is 0.489 e. The van der Waals surface area contributed by atoms with Crippen molar-refractivity contribution >= 4 is 38.3 Å². The Hall–Kier alpha value is -3.85. The second-order valence-corrected chi connectivity index (χ2v) is 9.70. The SMILES string of the molecule is CN(c1n[nH]c2ccc(NC(=O)Cc3ccc(OCc4ccccc4)cc3)cc12)S(C)(=O)=O. The summed E-state index contributed by atoms with van der Waals surface area (Å²) in [5, 5.41) is 10.4. The van der Waals surface area contributed by atoms with E-state index in [0.717, 1.165) is 27.4 Å². The maximum absolute atomic E-state index is 12.6. The van der Waals surface area contributed by atoms with Crippen LogP contribution in [0.1, 0.15) is 11.1 Å². The van der Waals surface area contributed by atoms with Crippen LogP contribution in [0.15, 0.2) is 72.8 Å². The highest BCUT2D eigenvalue weighted by molar-refractivity contribution is 7.92. The Balaban J connectivity index is 1.39. The molecule has 0 atom stereocenters. The van der Waals surface area contributed by atoms with Crippen LogP contribution in [0.4, 0.5) is 11.5 Å². The number of aromatic amines is 1. The number of carbonyl (C=O) groups is 1. The van der Waals surface area contributed by atoms with Crippen molar-refractivity contribution in [3.05, 3.63) is 83.9 Å². The van der Waals surface area contributed by atoms with Crippen molar-refractivity contribution in [2.45, 2.75) is 13.0 Å². The van der Waals surface area contributed by atoms with Gasteiger partial charge >= 0.3 is 0 Å². The number of H-pyrrole nitrogens is 1. The molecule has 0 unspecified atom stereocenters. The summed E-state index contributed by atoms with van der Waals surface area (Å²) in [5.41, 5.74) is 3.16. The number of sulfonamides is 1. The van der Waals surface area contributed by atoms with E-state index in [2.05, 4.69) is 15.5 Å². The molecule has 33 heavy (non-hydrogen) atoms. The Morgan fingerprint density at radius 2 is 1.76 bits per heavy atom. The molecule has 170 valence electrons. The molecule has 4 aromatic rings. The summed E-state index contributed by atoms with van der Waals surface area (Å²) in [6.45, 7) is 0.480. The Morgan fingerprint density at radius 1 is 1.03 bits per heavy atom. The topological polar surface area (TPSA) is 104 Å². The third-order valence-electron chi connectivity index (χ3n) is 5.16. The number of fused-ring (bicyclic) bond motifs is 1. The lowest BCUT2D eigenvalue weighted by atomic mass is 10.1. The van der Waals surface area contributed by atoms with Gasteiger partial charge in [0.1, 0.15) is 12.4 Å². The van der Waals surface area contributed by atoms with Crippen molar-refractivity contribution in [2.75, 3.05) is 22.9 Å². The summed E-state index contributed by atoms with van der Waals surface area (Å²) in [7, 11) is -2.03. The van der Waals surface area contributed by atoms with Crippen molar-refractivity contribution in [3.8, 4) is 5.75 Å². The Morgan fingerprint density at radius 3 is 2.45 bits per heavy atom. The first-order valence-electron chi connectivity index (χ1n) is 10.3. The van der Waals surface area contributed by atoms with Crippen LogP contribution in [0.5, 0.6) is 5.75 Å². The molecule has 0 aliphatic carbocycles. The fraction of sp³-hybridized carbons (Fsp3) is 0.167. The zero-order chi connectivity index (χ0) is 23.4. The molecule has 0 saturated heterocycles. The van der Waals surface area contributed by atoms with Gasteiger partial charge in [-0.25, -0.2) is 8.42 Å². The maximum Gasteiger partial charge on any atom is 0.233 e. The van der Waals surface area contributed by atoms with Crippen LogP contribution in [0, 0.1) is 0 Å². The quantitative estimate of drug-likeness (QED) is 0.414. The lowest BCUT2D eigenvalue weighted by Crippen LogP contribution is -2.25. The van der Waals surface area contributed by atoms with Crippen LogP contribution in [0.3, 0.4) is 0 Å². The van der Waals surface area contributed by atoms with E-state index in [1.807, 2.05) is 54.6 Å². The highest BCUT2D eigenvalue weighted by Crippen LogP contribution is 2.27. The van der Waals surface area contributed by atoms with Gasteiger partial charge in [-0.1, -0.05) is 42.5 Å². The lowest BCUT2D eigenvalue weighted by molar-refractivity contribution is -0.115. The molecular weight excluding hydrogens is 440 g/mol. The van der Waals surface area contributed by atoms with E-state index in [1.165, 1.54) is 7.05 Å². The van der Waals surface area contributed by atoms with E-state index in [1.54, 1.807) is 18.2 Å². The second-order valence-electron chi connectivity index (χ2n) is 7.68. The predicted octanol–water partition coefficient (Wildman–Crippen LogP) is 3.72. The van der Waals surface area contributed by atoms with Gasteiger partial charge in [-0.3, -0.25) is 14.2 Å². The van der Waals surface area contributed by atoms with Crippen LogP contribution in [0.25, 0.3) is 10.9 Å². The molecule has 1 heterocycles. The van der Waals surface area contributed by atoms with Crippen LogP contribution in [-0.2, 0) is 27.8 Å². The van der Waals surface area contributed by atoms with Crippen molar-refractivity contribution in [1.82, 2.24) is 10.2 Å². The Kier molecular flexibility index (Phi) is 6.32. The first kappa shape index (κ1) is 22.3. The first-order valence-corrected chi connectivity index (χ1v) is 12.1. The van der Waals surface area contributed by atoms with Gasteiger partial charge in [-0.2, -0.15) is 5.10 Å². The fourth-order valence-corrected chi connectivity index (χ4v) is 3.76. The molecule has 8 nitrogen and oxygen atoms in total. The molecule has 0 aliphatic rings. The van der Waals surface area contributed by atoms with E-state index >= 15 is 0 Å². The van der Waals surface area contributed by atoms with Crippen molar-refractivity contribution in [1.29, 1.82) is 0 Å². The molecule has 1 amide bonds. The molecular formula is C24H24N4O4S. The number of anilines is 2. The molecule has 1 aromatic heterocycles. The average molecular weight is 465 g/mol. The van der Waals surface area contributed by atoms with Gasteiger partial charge in [0.05, 0.1) is 18.2 Å². The van der Waals surface area contributed by atoms with Crippen molar-refractivity contribution < 1.29 is 17.9 Å². The highest BCUT2D eigenvalue weighted by Gasteiger charge is 2.18. The van der Waals surface area contributed by atoms with Crippen LogP contribution in [-0.4, -0.2) is 37.8 Å². The fourth-order valence-electron chi connectivity index (χ4n) is 3.31. The first-order chi connectivity index (χ1) is 15.8. The van der Waals surface area contributed by atoms with Gasteiger partial charge in [0.2, 0.25) is 15.9 Å². The van der Waals surface area contributed by atoms with Crippen molar-refractivity contribution in [2.24, 2.45) is 0 Å². The maximum atomic E-state index is 12.6. The second kappa shape index (κ2) is 9.33. The summed E-state index contributed by atoms with van der Waals surface area (Å²) in [4.78, 5) is 12.6. The molecule has 0 bridgehead atoms. The zero-order valence-electron chi connectivity index (χ0n) is 18.3. The number of carbonyl (C=O) groups excluding carboxylic acids is 1. The summed E-state index contributed by atoms with van der Waals surface area (Å²) in [5.74, 6) is 0.819. The van der Waals surface area contributed by atoms with Gasteiger partial charge in [0.25, 0.3) is 0 Å². The molecule has 2 N–H and O–H groups in total. The number of amides is 1. The number of aromatic nitrogens is 2. The molecule has 3 aromatic carbocycles. The van der Waals surface area contributed by atoms with Gasteiger partial charge < -0.3 is 10.1 Å². The molecule has 4 rings (SSSR count). The minimum Gasteiger partial charge on any atom is -0.489 e. The summed E-state index contributed by atoms with van der Waals surface area (Å²) in [6, 6.07) is 22.5. The highest BCUT2D eigenvalue weighted by atomic mass is 32.2. The van der Waals surface area contributed by atoms with E-state index < -0.39 is 10.0 Å². The molecule has 0 fully saturated rings. The summed E-state index contributed by atoms with van der Waals surface area (Å²) in [6.07, 6.45) is 1.30. The molecule has 0 spiro atoms. The number of nitrogens with zero attached hydrogens (tertiary/aromatic N) is 2. The number of rotatable bonds is 8. The van der Waals surface area contributed by atoms with E-state index in [0.29, 0.717) is 23.2 Å². The van der Waals surface area contributed by atoms with Gasteiger partial charge in [-0.15, -0.1) is 0 Å². The van der Waals surface area contributed by atoms with Crippen LogP contribution < -0.4 is 14.4 Å². The van der Waals surface area contributed by atoms with Crippen molar-refractivity contribution in [3.63, 3.8) is 0 Å². The van der Waals surface area contributed by atoms with E-state index in [9.17, 15) is 13.2 Å². The summed E-state index contributed by atoms with van der Waals surface area (Å²) >= 11 is 0. The van der Waals surface area contributed by atoms with Crippen LogP contribution >= 0.6 is 0 Å². The monoisotopic (exact) mass is 464 g/mol. The smallest absolute Gasteiger partial charge is 0.233 e. The third-order valence-corrected chi connectivity index (χ3v) is 6.33. The van der Waals surface area contributed by atoms with Gasteiger partial charge in [0, 0.05) is 18.1 Å². The molecule has 0 radical (unpaired) electrons. The van der Waals surface area contributed by atoms with Crippen LogP contribution in [0.2, 0.25) is 0 Å². The number of nitrogens with one attached hydrogen (secondary N) is 2.